The van der Waals surface area contributed by atoms with Crippen molar-refractivity contribution in [2.24, 2.45) is 11.8 Å². The number of hydrogen-bond acceptors (Lipinski definition) is 3. The maximum Gasteiger partial charge on any atom is 0.407 e. The summed E-state index contributed by atoms with van der Waals surface area (Å²) in [5.74, 6) is 0.273. The highest BCUT2D eigenvalue weighted by Gasteiger charge is 2.42. The molecule has 2 N–H and O–H groups in total. The largest absolute Gasteiger partial charge is 0.445 e. The topological polar surface area (TPSA) is 67.4 Å². The minimum atomic E-state index is -0.470. The van der Waals surface area contributed by atoms with Gasteiger partial charge in [-0.1, -0.05) is 51.1 Å². The lowest BCUT2D eigenvalue weighted by Crippen LogP contribution is -2.46. The lowest BCUT2D eigenvalue weighted by Gasteiger charge is -2.24. The van der Waals surface area contributed by atoms with Crippen molar-refractivity contribution in [3.63, 3.8) is 0 Å². The Morgan fingerprint density at radius 1 is 1.30 bits per heavy atom. The van der Waals surface area contributed by atoms with Crippen LogP contribution in [0.4, 0.5) is 4.79 Å². The molecule has 0 unspecified atom stereocenters. The van der Waals surface area contributed by atoms with Gasteiger partial charge in [-0.2, -0.15) is 0 Å². The van der Waals surface area contributed by atoms with Crippen LogP contribution in [0.5, 0.6) is 0 Å². The molecule has 5 heteroatoms. The summed E-state index contributed by atoms with van der Waals surface area (Å²) >= 11 is 0. The molecule has 126 valence electrons. The van der Waals surface area contributed by atoms with Crippen LogP contribution >= 0.6 is 0 Å². The van der Waals surface area contributed by atoms with E-state index >= 15 is 0 Å². The summed E-state index contributed by atoms with van der Waals surface area (Å²) in [5, 5.41) is 5.90. The van der Waals surface area contributed by atoms with Crippen molar-refractivity contribution in [2.45, 2.75) is 52.3 Å². The van der Waals surface area contributed by atoms with Gasteiger partial charge in [-0.15, -0.1) is 0 Å². The Hall–Kier alpha value is -2.04. The fourth-order valence-electron chi connectivity index (χ4n) is 3.08. The monoisotopic (exact) mass is 318 g/mol. The zero-order valence-electron chi connectivity index (χ0n) is 14.0. The number of amides is 2. The van der Waals surface area contributed by atoms with Crippen molar-refractivity contribution in [1.82, 2.24) is 10.6 Å². The second kappa shape index (κ2) is 7.99. The predicted molar refractivity (Wildman–Crippen MR) is 88.7 cm³/mol. The maximum atomic E-state index is 12.1. The van der Waals surface area contributed by atoms with Crippen molar-refractivity contribution in [1.29, 1.82) is 0 Å². The number of carbonyl (C=O) groups is 2. The molecule has 5 nitrogen and oxygen atoms in total. The first kappa shape index (κ1) is 17.3. The van der Waals surface area contributed by atoms with Crippen LogP contribution in [0.15, 0.2) is 30.3 Å². The van der Waals surface area contributed by atoms with E-state index in [9.17, 15) is 9.59 Å². The van der Waals surface area contributed by atoms with Crippen LogP contribution in [0.3, 0.4) is 0 Å². The molecule has 0 spiro atoms. The van der Waals surface area contributed by atoms with E-state index in [0.717, 1.165) is 12.0 Å². The Bertz CT molecular complexity index is 530. The number of benzene rings is 1. The molecule has 1 aliphatic rings. The van der Waals surface area contributed by atoms with Gasteiger partial charge in [0.05, 0.1) is 18.0 Å². The van der Waals surface area contributed by atoms with E-state index in [2.05, 4.69) is 24.5 Å². The number of ether oxygens (including phenoxy) is 1. The summed E-state index contributed by atoms with van der Waals surface area (Å²) in [5.41, 5.74) is 0.939. The minimum absolute atomic E-state index is 0.0199. The van der Waals surface area contributed by atoms with E-state index in [1.807, 2.05) is 37.3 Å². The standard InChI is InChI=1S/C18H26N2O3/c1-4-14-16(15(10-12(2)3)19-17(14)21)20-18(22)23-11-13-8-6-5-7-9-13/h5-9,12,14-16H,4,10-11H2,1-3H3,(H,19,21)(H,20,22)/t14-,15+,16+/m1/s1. The van der Waals surface area contributed by atoms with Gasteiger partial charge in [-0.25, -0.2) is 4.79 Å². The van der Waals surface area contributed by atoms with Crippen molar-refractivity contribution < 1.29 is 14.3 Å². The van der Waals surface area contributed by atoms with Crippen LogP contribution < -0.4 is 10.6 Å². The van der Waals surface area contributed by atoms with Gasteiger partial charge >= 0.3 is 6.09 Å². The van der Waals surface area contributed by atoms with Gasteiger partial charge in [0, 0.05) is 0 Å². The number of nitrogens with one attached hydrogen (secondary N) is 2. The van der Waals surface area contributed by atoms with Crippen molar-refractivity contribution in [3.05, 3.63) is 35.9 Å². The Balaban J connectivity index is 1.94. The van der Waals surface area contributed by atoms with Crippen LogP contribution in [-0.4, -0.2) is 24.1 Å². The molecule has 0 bridgehead atoms. The van der Waals surface area contributed by atoms with Gasteiger partial charge in [-0.05, 0) is 24.3 Å². The average molecular weight is 318 g/mol. The molecule has 0 radical (unpaired) electrons. The third-order valence-electron chi connectivity index (χ3n) is 4.19. The third kappa shape index (κ3) is 4.71. The smallest absolute Gasteiger partial charge is 0.407 e. The van der Waals surface area contributed by atoms with E-state index < -0.39 is 6.09 Å². The molecule has 0 aliphatic carbocycles. The van der Waals surface area contributed by atoms with Crippen molar-refractivity contribution in [2.75, 3.05) is 0 Å². The number of rotatable bonds is 6. The number of hydrogen-bond donors (Lipinski definition) is 2. The lowest BCUT2D eigenvalue weighted by molar-refractivity contribution is -0.122. The molecular formula is C18H26N2O3. The quantitative estimate of drug-likeness (QED) is 0.847. The molecule has 0 aromatic heterocycles. The van der Waals surface area contributed by atoms with Crippen molar-refractivity contribution >= 4 is 12.0 Å². The SMILES string of the molecule is CC[C@H]1C(=O)N[C@@H](CC(C)C)[C@H]1NC(=O)OCc1ccccc1. The number of alkyl carbamates (subject to hydrolysis) is 1. The lowest BCUT2D eigenvalue weighted by atomic mass is 9.91. The summed E-state index contributed by atoms with van der Waals surface area (Å²) in [4.78, 5) is 24.2. The first-order valence-corrected chi connectivity index (χ1v) is 8.28. The van der Waals surface area contributed by atoms with Gasteiger partial charge in [0.1, 0.15) is 6.61 Å². The Labute approximate surface area is 137 Å². The normalized spacial score (nSPS) is 23.7. The van der Waals surface area contributed by atoms with E-state index in [4.69, 9.17) is 4.74 Å². The van der Waals surface area contributed by atoms with Gasteiger partial charge in [0.15, 0.2) is 0 Å². The molecular weight excluding hydrogens is 292 g/mol. The predicted octanol–water partition coefficient (Wildman–Crippen LogP) is 2.85. The molecule has 1 saturated heterocycles. The highest BCUT2D eigenvalue weighted by Crippen LogP contribution is 2.24. The molecule has 3 atom stereocenters. The van der Waals surface area contributed by atoms with E-state index in [1.54, 1.807) is 0 Å². The summed E-state index contributed by atoms with van der Waals surface area (Å²) in [6.45, 7) is 6.41. The second-order valence-electron chi connectivity index (χ2n) is 6.49. The first-order valence-electron chi connectivity index (χ1n) is 8.28. The fourth-order valence-corrected chi connectivity index (χ4v) is 3.08. The summed E-state index contributed by atoms with van der Waals surface area (Å²) in [7, 11) is 0. The summed E-state index contributed by atoms with van der Waals surface area (Å²) < 4.78 is 5.28. The Kier molecular flexibility index (Phi) is 6.02. The van der Waals surface area contributed by atoms with Gasteiger partial charge in [0.2, 0.25) is 5.91 Å². The van der Waals surface area contributed by atoms with Crippen LogP contribution in [0.1, 0.15) is 39.2 Å². The fraction of sp³-hybridized carbons (Fsp3) is 0.556. The second-order valence-corrected chi connectivity index (χ2v) is 6.49. The highest BCUT2D eigenvalue weighted by atomic mass is 16.5. The molecule has 1 aliphatic heterocycles. The van der Waals surface area contributed by atoms with E-state index in [1.165, 1.54) is 0 Å². The van der Waals surface area contributed by atoms with Crippen LogP contribution in [0, 0.1) is 11.8 Å². The Morgan fingerprint density at radius 2 is 2.00 bits per heavy atom. The van der Waals surface area contributed by atoms with Gasteiger partial charge in [0.25, 0.3) is 0 Å². The number of carbonyl (C=O) groups excluding carboxylic acids is 2. The molecule has 2 rings (SSSR count). The molecule has 2 amide bonds. The molecule has 1 aromatic rings. The summed E-state index contributed by atoms with van der Waals surface area (Å²) in [6, 6.07) is 9.30. The van der Waals surface area contributed by atoms with Crippen LogP contribution in [0.2, 0.25) is 0 Å². The first-order chi connectivity index (χ1) is 11.0. The Morgan fingerprint density at radius 3 is 2.61 bits per heavy atom. The van der Waals surface area contributed by atoms with E-state index in [0.29, 0.717) is 12.3 Å². The maximum absolute atomic E-state index is 12.1. The minimum Gasteiger partial charge on any atom is -0.445 e. The van der Waals surface area contributed by atoms with Crippen molar-refractivity contribution in [3.8, 4) is 0 Å². The van der Waals surface area contributed by atoms with Crippen LogP contribution in [-0.2, 0) is 16.1 Å². The van der Waals surface area contributed by atoms with Crippen LogP contribution in [0.25, 0.3) is 0 Å². The third-order valence-corrected chi connectivity index (χ3v) is 4.19. The molecule has 1 heterocycles. The molecule has 1 fully saturated rings. The highest BCUT2D eigenvalue weighted by molar-refractivity contribution is 5.83. The molecule has 1 aromatic carbocycles. The van der Waals surface area contributed by atoms with Gasteiger partial charge in [-0.3, -0.25) is 4.79 Å². The summed E-state index contributed by atoms with van der Waals surface area (Å²) in [6.07, 6.45) is 1.07. The molecule has 23 heavy (non-hydrogen) atoms. The van der Waals surface area contributed by atoms with Gasteiger partial charge < -0.3 is 15.4 Å². The van der Waals surface area contributed by atoms with E-state index in [-0.39, 0.29) is 30.5 Å². The zero-order chi connectivity index (χ0) is 16.8. The zero-order valence-corrected chi connectivity index (χ0v) is 14.0. The average Bonchev–Trinajstić information content (AvgIpc) is 2.80. The molecule has 0 saturated carbocycles.